The number of nitrogens with two attached hydrogens (primary N) is 1. The smallest absolute Gasteiger partial charge is 0.169 e. The zero-order chi connectivity index (χ0) is 14.7. The molecule has 106 valence electrons. The normalized spacial score (nSPS) is 10.6. The molecule has 1 heterocycles. The number of rotatable bonds is 4. The Morgan fingerprint density at radius 2 is 1.86 bits per heavy atom. The van der Waals surface area contributed by atoms with Crippen LogP contribution in [-0.4, -0.2) is 12.1 Å². The third-order valence-corrected chi connectivity index (χ3v) is 3.29. The summed E-state index contributed by atoms with van der Waals surface area (Å²) < 4.78 is 11.4. The summed E-state index contributed by atoms with van der Waals surface area (Å²) >= 11 is 0. The summed E-state index contributed by atoms with van der Waals surface area (Å²) in [6, 6.07) is 15.4. The first-order valence-electron chi connectivity index (χ1n) is 6.70. The number of ether oxygens (including phenoxy) is 2. The Morgan fingerprint density at radius 3 is 2.67 bits per heavy atom. The Hall–Kier alpha value is -2.59. The Labute approximate surface area is 123 Å². The number of nitrogens with zero attached hydrogens (tertiary/aromatic N) is 1. The minimum absolute atomic E-state index is 0.467. The van der Waals surface area contributed by atoms with Crippen molar-refractivity contribution in [3.05, 3.63) is 60.3 Å². The molecule has 2 aromatic carbocycles. The van der Waals surface area contributed by atoms with Gasteiger partial charge in [-0.05, 0) is 35.9 Å². The summed E-state index contributed by atoms with van der Waals surface area (Å²) in [5, 5.41) is 0.963. The van der Waals surface area contributed by atoms with Crippen molar-refractivity contribution in [3.8, 4) is 17.2 Å². The Morgan fingerprint density at radius 1 is 1.00 bits per heavy atom. The molecule has 4 heteroatoms. The lowest BCUT2D eigenvalue weighted by Crippen LogP contribution is -1.98. The van der Waals surface area contributed by atoms with Crippen LogP contribution in [0.15, 0.2) is 54.7 Å². The van der Waals surface area contributed by atoms with E-state index in [-0.39, 0.29) is 0 Å². The van der Waals surface area contributed by atoms with Gasteiger partial charge in [0.2, 0.25) is 0 Å². The molecule has 0 fully saturated rings. The predicted octanol–water partition coefficient (Wildman–Crippen LogP) is 3.49. The van der Waals surface area contributed by atoms with Crippen molar-refractivity contribution >= 4 is 10.9 Å². The van der Waals surface area contributed by atoms with Gasteiger partial charge in [-0.15, -0.1) is 0 Å². The summed E-state index contributed by atoms with van der Waals surface area (Å²) in [7, 11) is 1.62. The van der Waals surface area contributed by atoms with E-state index in [1.54, 1.807) is 13.3 Å². The molecule has 0 aliphatic heterocycles. The van der Waals surface area contributed by atoms with Gasteiger partial charge >= 0.3 is 0 Å². The summed E-state index contributed by atoms with van der Waals surface area (Å²) in [4.78, 5) is 4.33. The lowest BCUT2D eigenvalue weighted by Gasteiger charge is -2.12. The molecule has 0 saturated carbocycles. The quantitative estimate of drug-likeness (QED) is 0.794. The Kier molecular flexibility index (Phi) is 3.71. The van der Waals surface area contributed by atoms with Crippen LogP contribution in [0.3, 0.4) is 0 Å². The summed E-state index contributed by atoms with van der Waals surface area (Å²) in [6.45, 7) is 0.467. The molecule has 0 spiro atoms. The van der Waals surface area contributed by atoms with Crippen LogP contribution >= 0.6 is 0 Å². The maximum absolute atomic E-state index is 6.01. The highest BCUT2D eigenvalue weighted by Gasteiger charge is 2.09. The molecule has 0 aliphatic carbocycles. The van der Waals surface area contributed by atoms with Crippen LogP contribution in [0.4, 0.5) is 0 Å². The van der Waals surface area contributed by atoms with E-state index in [0.717, 1.165) is 22.2 Å². The van der Waals surface area contributed by atoms with Crippen molar-refractivity contribution < 1.29 is 9.47 Å². The molecule has 21 heavy (non-hydrogen) atoms. The highest BCUT2D eigenvalue weighted by atomic mass is 16.5. The number of pyridine rings is 1. The van der Waals surface area contributed by atoms with Crippen LogP contribution in [0.2, 0.25) is 0 Å². The lowest BCUT2D eigenvalue weighted by molar-refractivity contribution is 0.379. The molecule has 0 radical (unpaired) electrons. The third-order valence-electron chi connectivity index (χ3n) is 3.29. The van der Waals surface area contributed by atoms with Crippen LogP contribution in [0.25, 0.3) is 10.9 Å². The van der Waals surface area contributed by atoms with Gasteiger partial charge in [0.15, 0.2) is 11.5 Å². The topological polar surface area (TPSA) is 57.4 Å². The molecule has 1 aromatic heterocycles. The molecule has 3 rings (SSSR count). The van der Waals surface area contributed by atoms with Crippen LogP contribution < -0.4 is 15.2 Å². The van der Waals surface area contributed by atoms with Crippen LogP contribution in [0.1, 0.15) is 5.56 Å². The first kappa shape index (κ1) is 13.4. The van der Waals surface area contributed by atoms with Gasteiger partial charge in [0.05, 0.1) is 12.6 Å². The fraction of sp³-hybridized carbons (Fsp3) is 0.118. The van der Waals surface area contributed by atoms with E-state index >= 15 is 0 Å². The molecule has 4 nitrogen and oxygen atoms in total. The van der Waals surface area contributed by atoms with Crippen molar-refractivity contribution in [1.82, 2.24) is 4.98 Å². The standard InChI is InChI=1S/C17H16N2O2/c1-20-17-10-12(11-18)6-7-16(17)21-15-8-9-19-14-5-3-2-4-13(14)15/h2-10H,11,18H2,1H3. The second-order valence-electron chi connectivity index (χ2n) is 4.62. The summed E-state index contributed by atoms with van der Waals surface area (Å²) in [6.07, 6.45) is 1.73. The zero-order valence-corrected chi connectivity index (χ0v) is 11.7. The molecule has 2 N–H and O–H groups in total. The maximum atomic E-state index is 6.01. The predicted molar refractivity (Wildman–Crippen MR) is 82.7 cm³/mol. The minimum atomic E-state index is 0.467. The summed E-state index contributed by atoms with van der Waals surface area (Å²) in [5.74, 6) is 2.07. The molecule has 0 unspecified atom stereocenters. The number of aromatic nitrogens is 1. The van der Waals surface area contributed by atoms with Crippen LogP contribution in [-0.2, 0) is 6.54 Å². The molecular formula is C17H16N2O2. The number of methoxy groups -OCH3 is 1. The van der Waals surface area contributed by atoms with Gasteiger partial charge < -0.3 is 15.2 Å². The number of fused-ring (bicyclic) bond motifs is 1. The fourth-order valence-electron chi connectivity index (χ4n) is 2.20. The van der Waals surface area contributed by atoms with E-state index in [0.29, 0.717) is 18.0 Å². The molecule has 0 atom stereocenters. The molecule has 0 aliphatic rings. The van der Waals surface area contributed by atoms with Crippen molar-refractivity contribution in [1.29, 1.82) is 0 Å². The molecule has 0 bridgehead atoms. The van der Waals surface area contributed by atoms with E-state index < -0.39 is 0 Å². The van der Waals surface area contributed by atoms with Crippen molar-refractivity contribution in [2.24, 2.45) is 5.73 Å². The zero-order valence-electron chi connectivity index (χ0n) is 11.7. The van der Waals surface area contributed by atoms with E-state index in [1.165, 1.54) is 0 Å². The second-order valence-corrected chi connectivity index (χ2v) is 4.62. The van der Waals surface area contributed by atoms with Gasteiger partial charge in [-0.3, -0.25) is 4.98 Å². The lowest BCUT2D eigenvalue weighted by atomic mass is 10.2. The van der Waals surface area contributed by atoms with Crippen molar-refractivity contribution in [2.45, 2.75) is 6.54 Å². The van der Waals surface area contributed by atoms with Crippen LogP contribution in [0, 0.1) is 0 Å². The van der Waals surface area contributed by atoms with Gasteiger partial charge in [0.1, 0.15) is 5.75 Å². The number of para-hydroxylation sites is 1. The summed E-state index contributed by atoms with van der Waals surface area (Å²) in [5.41, 5.74) is 7.54. The monoisotopic (exact) mass is 280 g/mol. The first-order valence-corrected chi connectivity index (χ1v) is 6.70. The van der Waals surface area contributed by atoms with Gasteiger partial charge in [0.25, 0.3) is 0 Å². The van der Waals surface area contributed by atoms with Gasteiger partial charge in [0, 0.05) is 18.1 Å². The molecule has 0 saturated heterocycles. The number of benzene rings is 2. The molecule has 3 aromatic rings. The largest absolute Gasteiger partial charge is 0.493 e. The molecule has 0 amide bonds. The van der Waals surface area contributed by atoms with E-state index in [9.17, 15) is 0 Å². The first-order chi connectivity index (χ1) is 10.3. The average Bonchev–Trinajstić information content (AvgIpc) is 2.55. The highest BCUT2D eigenvalue weighted by molar-refractivity contribution is 5.85. The second kappa shape index (κ2) is 5.81. The fourth-order valence-corrected chi connectivity index (χ4v) is 2.20. The van der Waals surface area contributed by atoms with Gasteiger partial charge in [-0.1, -0.05) is 18.2 Å². The Balaban J connectivity index is 2.02. The maximum Gasteiger partial charge on any atom is 0.169 e. The van der Waals surface area contributed by atoms with E-state index in [1.807, 2.05) is 48.5 Å². The van der Waals surface area contributed by atoms with Crippen LogP contribution in [0.5, 0.6) is 17.2 Å². The highest BCUT2D eigenvalue weighted by Crippen LogP contribution is 2.35. The minimum Gasteiger partial charge on any atom is -0.493 e. The average molecular weight is 280 g/mol. The number of hydrogen-bond acceptors (Lipinski definition) is 4. The number of hydrogen-bond donors (Lipinski definition) is 1. The third kappa shape index (κ3) is 2.66. The van der Waals surface area contributed by atoms with Gasteiger partial charge in [-0.25, -0.2) is 0 Å². The van der Waals surface area contributed by atoms with Crippen molar-refractivity contribution in [3.63, 3.8) is 0 Å². The van der Waals surface area contributed by atoms with Crippen molar-refractivity contribution in [2.75, 3.05) is 7.11 Å². The van der Waals surface area contributed by atoms with Gasteiger partial charge in [-0.2, -0.15) is 0 Å². The Bertz CT molecular complexity index is 766. The van der Waals surface area contributed by atoms with E-state index in [4.69, 9.17) is 15.2 Å². The SMILES string of the molecule is COc1cc(CN)ccc1Oc1ccnc2ccccc12. The molecular weight excluding hydrogens is 264 g/mol. The van der Waals surface area contributed by atoms with E-state index in [2.05, 4.69) is 4.98 Å².